The summed E-state index contributed by atoms with van der Waals surface area (Å²) in [5.41, 5.74) is 5.94. The number of nitrogens with zero attached hydrogens (tertiary/aromatic N) is 2. The maximum absolute atomic E-state index is 5.94. The average Bonchev–Trinajstić information content (AvgIpc) is 2.21. The SMILES string of the molecule is CCC(CSC)N(C)C(N)=NCC(C)C. The van der Waals surface area contributed by atoms with E-state index in [1.54, 1.807) is 0 Å². The van der Waals surface area contributed by atoms with Crippen molar-refractivity contribution in [2.75, 3.05) is 25.6 Å². The molecule has 1 atom stereocenters. The highest BCUT2D eigenvalue weighted by Crippen LogP contribution is 2.08. The number of hydrogen-bond acceptors (Lipinski definition) is 2. The fourth-order valence-electron chi connectivity index (χ4n) is 1.27. The van der Waals surface area contributed by atoms with Crippen LogP contribution in [0.15, 0.2) is 4.99 Å². The fourth-order valence-corrected chi connectivity index (χ4v) is 2.11. The monoisotopic (exact) mass is 231 g/mol. The summed E-state index contributed by atoms with van der Waals surface area (Å²) in [7, 11) is 2.03. The number of rotatable bonds is 6. The van der Waals surface area contributed by atoms with Crippen LogP contribution in [0, 0.1) is 5.92 Å². The van der Waals surface area contributed by atoms with Gasteiger partial charge in [-0.2, -0.15) is 11.8 Å². The molecule has 0 aliphatic carbocycles. The highest BCUT2D eigenvalue weighted by Gasteiger charge is 2.13. The minimum atomic E-state index is 0.496. The predicted molar refractivity (Wildman–Crippen MR) is 71.6 cm³/mol. The largest absolute Gasteiger partial charge is 0.370 e. The van der Waals surface area contributed by atoms with Gasteiger partial charge in [0.15, 0.2) is 5.96 Å². The molecule has 0 heterocycles. The molecule has 0 spiro atoms. The summed E-state index contributed by atoms with van der Waals surface area (Å²) >= 11 is 1.85. The maximum atomic E-state index is 5.94. The molecule has 0 aromatic rings. The summed E-state index contributed by atoms with van der Waals surface area (Å²) in [6.07, 6.45) is 3.23. The van der Waals surface area contributed by atoms with Crippen LogP contribution in [0.1, 0.15) is 27.2 Å². The molecule has 0 saturated heterocycles. The van der Waals surface area contributed by atoms with Crippen molar-refractivity contribution in [3.05, 3.63) is 0 Å². The van der Waals surface area contributed by atoms with Crippen molar-refractivity contribution in [1.82, 2.24) is 4.90 Å². The first-order valence-corrected chi connectivity index (χ1v) is 6.93. The third-order valence-corrected chi connectivity index (χ3v) is 3.08. The van der Waals surface area contributed by atoms with E-state index < -0.39 is 0 Å². The van der Waals surface area contributed by atoms with E-state index in [0.717, 1.165) is 18.7 Å². The molecule has 15 heavy (non-hydrogen) atoms. The van der Waals surface area contributed by atoms with Crippen molar-refractivity contribution in [2.45, 2.75) is 33.2 Å². The van der Waals surface area contributed by atoms with Gasteiger partial charge in [0.1, 0.15) is 0 Å². The van der Waals surface area contributed by atoms with Crippen LogP contribution >= 0.6 is 11.8 Å². The smallest absolute Gasteiger partial charge is 0.191 e. The van der Waals surface area contributed by atoms with Gasteiger partial charge < -0.3 is 10.6 Å². The third kappa shape index (κ3) is 5.92. The van der Waals surface area contributed by atoms with E-state index in [-0.39, 0.29) is 0 Å². The summed E-state index contributed by atoms with van der Waals surface area (Å²) in [4.78, 5) is 6.48. The van der Waals surface area contributed by atoms with Gasteiger partial charge in [0.25, 0.3) is 0 Å². The number of guanidine groups is 1. The molecule has 0 bridgehead atoms. The zero-order chi connectivity index (χ0) is 11.8. The van der Waals surface area contributed by atoms with E-state index in [9.17, 15) is 0 Å². The second-order valence-electron chi connectivity index (χ2n) is 4.22. The third-order valence-electron chi connectivity index (χ3n) is 2.36. The Morgan fingerprint density at radius 2 is 2.07 bits per heavy atom. The fraction of sp³-hybridized carbons (Fsp3) is 0.909. The van der Waals surface area contributed by atoms with Crippen LogP contribution in [-0.4, -0.2) is 42.5 Å². The molecule has 1 unspecified atom stereocenters. The topological polar surface area (TPSA) is 41.6 Å². The zero-order valence-electron chi connectivity index (χ0n) is 10.7. The van der Waals surface area contributed by atoms with E-state index in [1.807, 2.05) is 18.8 Å². The van der Waals surface area contributed by atoms with Crippen LogP contribution < -0.4 is 5.73 Å². The van der Waals surface area contributed by atoms with Crippen molar-refractivity contribution < 1.29 is 0 Å². The van der Waals surface area contributed by atoms with Gasteiger partial charge >= 0.3 is 0 Å². The molecule has 3 nitrogen and oxygen atoms in total. The molecule has 2 N–H and O–H groups in total. The molecule has 90 valence electrons. The molecule has 0 aliphatic heterocycles. The van der Waals surface area contributed by atoms with Crippen LogP contribution in [0.3, 0.4) is 0 Å². The number of hydrogen-bond donors (Lipinski definition) is 1. The molecule has 4 heteroatoms. The van der Waals surface area contributed by atoms with Crippen molar-refractivity contribution >= 4 is 17.7 Å². The summed E-state index contributed by atoms with van der Waals surface area (Å²) in [5.74, 6) is 2.34. The van der Waals surface area contributed by atoms with Crippen LogP contribution in [-0.2, 0) is 0 Å². The summed E-state index contributed by atoms with van der Waals surface area (Å²) < 4.78 is 0. The van der Waals surface area contributed by atoms with Crippen LogP contribution in [0.4, 0.5) is 0 Å². The molecule has 0 amide bonds. The quantitative estimate of drug-likeness (QED) is 0.562. The van der Waals surface area contributed by atoms with Crippen molar-refractivity contribution in [2.24, 2.45) is 16.6 Å². The molecule has 0 saturated carbocycles. The lowest BCUT2D eigenvalue weighted by Gasteiger charge is -2.27. The highest BCUT2D eigenvalue weighted by atomic mass is 32.2. The Morgan fingerprint density at radius 3 is 2.47 bits per heavy atom. The van der Waals surface area contributed by atoms with Gasteiger partial charge in [-0.15, -0.1) is 0 Å². The molecule has 0 fully saturated rings. The minimum Gasteiger partial charge on any atom is -0.370 e. The lowest BCUT2D eigenvalue weighted by atomic mass is 10.2. The first kappa shape index (κ1) is 14.6. The van der Waals surface area contributed by atoms with E-state index >= 15 is 0 Å². The first-order valence-electron chi connectivity index (χ1n) is 5.54. The number of nitrogens with two attached hydrogens (primary N) is 1. The Hall–Kier alpha value is -0.380. The van der Waals surface area contributed by atoms with Gasteiger partial charge in [0.2, 0.25) is 0 Å². The van der Waals surface area contributed by atoms with E-state index in [0.29, 0.717) is 17.9 Å². The lowest BCUT2D eigenvalue weighted by Crippen LogP contribution is -2.43. The summed E-state index contributed by atoms with van der Waals surface area (Å²) in [6.45, 7) is 7.30. The van der Waals surface area contributed by atoms with Crippen LogP contribution in [0.2, 0.25) is 0 Å². The van der Waals surface area contributed by atoms with E-state index in [2.05, 4.69) is 36.9 Å². The van der Waals surface area contributed by atoms with E-state index in [1.165, 1.54) is 0 Å². The van der Waals surface area contributed by atoms with Crippen LogP contribution in [0.25, 0.3) is 0 Å². The Morgan fingerprint density at radius 1 is 1.47 bits per heavy atom. The average molecular weight is 231 g/mol. The normalized spacial score (nSPS) is 14.4. The Bertz CT molecular complexity index is 192. The van der Waals surface area contributed by atoms with E-state index in [4.69, 9.17) is 5.73 Å². The minimum absolute atomic E-state index is 0.496. The Balaban J connectivity index is 4.25. The lowest BCUT2D eigenvalue weighted by molar-refractivity contribution is 0.380. The summed E-state index contributed by atoms with van der Waals surface area (Å²) in [5, 5.41) is 0. The molecule has 0 rings (SSSR count). The molecular weight excluding hydrogens is 206 g/mol. The zero-order valence-corrected chi connectivity index (χ0v) is 11.5. The number of aliphatic imine (C=N–C) groups is 1. The number of thioether (sulfide) groups is 1. The summed E-state index contributed by atoms with van der Waals surface area (Å²) in [6, 6.07) is 0.496. The standard InChI is InChI=1S/C11H25N3S/c1-6-10(8-15-5)14(4)11(12)13-7-9(2)3/h9-10H,6-8H2,1-5H3,(H2,12,13). The second kappa shape index (κ2) is 7.85. The van der Waals surface area contributed by atoms with Gasteiger partial charge in [-0.25, -0.2) is 0 Å². The molecule has 0 aliphatic rings. The van der Waals surface area contributed by atoms with Gasteiger partial charge in [-0.3, -0.25) is 4.99 Å². The second-order valence-corrected chi connectivity index (χ2v) is 5.13. The van der Waals surface area contributed by atoms with Crippen molar-refractivity contribution in [3.8, 4) is 0 Å². The van der Waals surface area contributed by atoms with Crippen LogP contribution in [0.5, 0.6) is 0 Å². The molecule has 0 aromatic heterocycles. The highest BCUT2D eigenvalue weighted by molar-refractivity contribution is 7.98. The Kier molecular flexibility index (Phi) is 7.65. The molecule has 0 aromatic carbocycles. The maximum Gasteiger partial charge on any atom is 0.191 e. The Labute approximate surface area is 98.5 Å². The predicted octanol–water partition coefficient (Wildman–Crippen LogP) is 2.03. The van der Waals surface area contributed by atoms with Gasteiger partial charge in [-0.05, 0) is 18.6 Å². The molecular formula is C11H25N3S. The molecule has 0 radical (unpaired) electrons. The van der Waals surface area contributed by atoms with Gasteiger partial charge in [0, 0.05) is 25.4 Å². The first-order chi connectivity index (χ1) is 7.02. The van der Waals surface area contributed by atoms with Crippen molar-refractivity contribution in [1.29, 1.82) is 0 Å². The van der Waals surface area contributed by atoms with Gasteiger partial charge in [-0.1, -0.05) is 20.8 Å². The van der Waals surface area contributed by atoms with Crippen molar-refractivity contribution in [3.63, 3.8) is 0 Å². The van der Waals surface area contributed by atoms with Gasteiger partial charge in [0.05, 0.1) is 0 Å².